The zero-order valence-corrected chi connectivity index (χ0v) is 21.7. The lowest BCUT2D eigenvalue weighted by atomic mass is 9.86. The molecular formula is C31H23N3O4S. The number of hydrogen-bond acceptors (Lipinski definition) is 7. The van der Waals surface area contributed by atoms with Gasteiger partial charge in [-0.05, 0) is 48.1 Å². The molecule has 8 heteroatoms. The monoisotopic (exact) mass is 533 g/mol. The van der Waals surface area contributed by atoms with Crippen LogP contribution in [0.3, 0.4) is 0 Å². The first kappa shape index (κ1) is 24.6. The number of carbonyl (C=O) groups is 1. The van der Waals surface area contributed by atoms with Crippen LogP contribution in [0.2, 0.25) is 0 Å². The van der Waals surface area contributed by atoms with Crippen LogP contribution in [0.4, 0.5) is 5.69 Å². The van der Waals surface area contributed by atoms with E-state index in [9.17, 15) is 14.9 Å². The van der Waals surface area contributed by atoms with E-state index in [2.05, 4.69) is 4.98 Å². The van der Waals surface area contributed by atoms with Crippen LogP contribution in [0.15, 0.2) is 85.1 Å². The van der Waals surface area contributed by atoms with Gasteiger partial charge in [0.25, 0.3) is 5.69 Å². The summed E-state index contributed by atoms with van der Waals surface area (Å²) in [5, 5.41) is 12.9. The van der Waals surface area contributed by atoms with Gasteiger partial charge in [-0.15, -0.1) is 11.3 Å². The summed E-state index contributed by atoms with van der Waals surface area (Å²) in [6.07, 6.45) is 5.98. The first-order chi connectivity index (χ1) is 19.1. The fraction of sp³-hybridized carbons (Fsp3) is 0.129. The van der Waals surface area contributed by atoms with Crippen molar-refractivity contribution in [2.75, 3.05) is 0 Å². The molecule has 192 valence electrons. The van der Waals surface area contributed by atoms with Gasteiger partial charge in [-0.1, -0.05) is 60.7 Å². The molecule has 0 atom stereocenters. The van der Waals surface area contributed by atoms with Crippen LogP contribution in [0.1, 0.15) is 44.9 Å². The molecule has 0 fully saturated rings. The van der Waals surface area contributed by atoms with Crippen LogP contribution < -0.4 is 0 Å². The SMILES string of the molecule is O=C(OCc1cnc(-c2ccccc2)s1)c1c2c(nc3ccccc13)/C(=C/c1cccc([N+](=O)[O-])c1)CCC2. The van der Waals surface area contributed by atoms with Crippen LogP contribution >= 0.6 is 11.3 Å². The van der Waals surface area contributed by atoms with Crippen LogP contribution in [0.5, 0.6) is 0 Å². The lowest BCUT2D eigenvalue weighted by Crippen LogP contribution is -2.15. The molecule has 3 aromatic carbocycles. The normalized spacial score (nSPS) is 13.8. The number of aromatic nitrogens is 2. The Morgan fingerprint density at radius 3 is 2.69 bits per heavy atom. The molecule has 1 aliphatic rings. The molecule has 0 saturated carbocycles. The highest BCUT2D eigenvalue weighted by atomic mass is 32.1. The fourth-order valence-corrected chi connectivity index (χ4v) is 5.77. The number of benzene rings is 3. The number of nitrogens with zero attached hydrogens (tertiary/aromatic N) is 3. The van der Waals surface area contributed by atoms with Crippen molar-refractivity contribution in [3.8, 4) is 10.6 Å². The van der Waals surface area contributed by atoms with Gasteiger partial charge < -0.3 is 4.74 Å². The van der Waals surface area contributed by atoms with Crippen molar-refractivity contribution < 1.29 is 14.5 Å². The molecule has 1 aliphatic carbocycles. The van der Waals surface area contributed by atoms with Crippen LogP contribution in [0.25, 0.3) is 33.1 Å². The number of rotatable bonds is 6. The molecule has 0 N–H and O–H groups in total. The Labute approximate surface area is 228 Å². The molecule has 6 rings (SSSR count). The van der Waals surface area contributed by atoms with E-state index in [1.807, 2.05) is 66.7 Å². The molecular weight excluding hydrogens is 510 g/mol. The summed E-state index contributed by atoms with van der Waals surface area (Å²) in [5.74, 6) is -0.392. The van der Waals surface area contributed by atoms with Gasteiger partial charge in [-0.25, -0.2) is 14.8 Å². The minimum absolute atomic E-state index is 0.0367. The summed E-state index contributed by atoms with van der Waals surface area (Å²) in [4.78, 5) is 34.8. The van der Waals surface area contributed by atoms with E-state index in [4.69, 9.17) is 9.72 Å². The van der Waals surface area contributed by atoms with Crippen molar-refractivity contribution in [1.29, 1.82) is 0 Å². The van der Waals surface area contributed by atoms with Gasteiger partial charge in [-0.3, -0.25) is 10.1 Å². The Morgan fingerprint density at radius 2 is 1.85 bits per heavy atom. The molecule has 0 saturated heterocycles. The highest BCUT2D eigenvalue weighted by molar-refractivity contribution is 7.15. The quantitative estimate of drug-likeness (QED) is 0.127. The van der Waals surface area contributed by atoms with E-state index in [0.717, 1.165) is 56.1 Å². The Bertz CT molecular complexity index is 1740. The second-order valence-corrected chi connectivity index (χ2v) is 10.4. The highest BCUT2D eigenvalue weighted by Gasteiger charge is 2.26. The van der Waals surface area contributed by atoms with Crippen LogP contribution in [0, 0.1) is 10.1 Å². The molecule has 39 heavy (non-hydrogen) atoms. The number of fused-ring (bicyclic) bond motifs is 2. The molecule has 0 bridgehead atoms. The van der Waals surface area contributed by atoms with Crippen molar-refractivity contribution in [3.63, 3.8) is 0 Å². The van der Waals surface area contributed by atoms with Gasteiger partial charge in [0, 0.05) is 29.3 Å². The number of ether oxygens (including phenoxy) is 1. The maximum Gasteiger partial charge on any atom is 0.339 e. The second-order valence-electron chi connectivity index (χ2n) is 9.28. The molecule has 0 spiro atoms. The number of carbonyl (C=O) groups excluding carboxylic acids is 1. The Balaban J connectivity index is 1.34. The molecule has 5 aromatic rings. The first-order valence-electron chi connectivity index (χ1n) is 12.6. The number of pyridine rings is 1. The molecule has 0 radical (unpaired) electrons. The van der Waals surface area contributed by atoms with Gasteiger partial charge in [0.05, 0.1) is 26.6 Å². The van der Waals surface area contributed by atoms with E-state index in [1.165, 1.54) is 17.4 Å². The predicted molar refractivity (Wildman–Crippen MR) is 152 cm³/mol. The maximum atomic E-state index is 13.6. The molecule has 2 aromatic heterocycles. The summed E-state index contributed by atoms with van der Waals surface area (Å²) in [6.45, 7) is 0.130. The molecule has 0 amide bonds. The Kier molecular flexibility index (Phi) is 6.69. The average Bonchev–Trinajstić information content (AvgIpc) is 3.45. The van der Waals surface area contributed by atoms with Gasteiger partial charge in [0.15, 0.2) is 0 Å². The topological polar surface area (TPSA) is 95.2 Å². The highest BCUT2D eigenvalue weighted by Crippen LogP contribution is 2.37. The van der Waals surface area contributed by atoms with Crippen molar-refractivity contribution in [1.82, 2.24) is 9.97 Å². The summed E-state index contributed by atoms with van der Waals surface area (Å²) < 4.78 is 5.84. The van der Waals surface area contributed by atoms with E-state index < -0.39 is 10.9 Å². The number of allylic oxidation sites excluding steroid dienone is 1. The molecule has 2 heterocycles. The molecule has 0 aliphatic heterocycles. The minimum atomic E-state index is -0.400. The average molecular weight is 534 g/mol. The second kappa shape index (κ2) is 10.6. The number of para-hydroxylation sites is 1. The van der Waals surface area contributed by atoms with E-state index in [0.29, 0.717) is 17.5 Å². The lowest BCUT2D eigenvalue weighted by molar-refractivity contribution is -0.384. The summed E-state index contributed by atoms with van der Waals surface area (Å²) in [5.41, 5.74) is 5.59. The van der Waals surface area contributed by atoms with Crippen molar-refractivity contribution in [2.45, 2.75) is 25.9 Å². The zero-order valence-electron chi connectivity index (χ0n) is 20.9. The van der Waals surface area contributed by atoms with Crippen molar-refractivity contribution in [2.24, 2.45) is 0 Å². The number of hydrogen-bond donors (Lipinski definition) is 0. The number of esters is 1. The molecule has 0 unspecified atom stereocenters. The number of thiazole rings is 1. The minimum Gasteiger partial charge on any atom is -0.456 e. The zero-order chi connectivity index (χ0) is 26.8. The van der Waals surface area contributed by atoms with Gasteiger partial charge in [0.1, 0.15) is 11.6 Å². The predicted octanol–water partition coefficient (Wildman–Crippen LogP) is 7.50. The largest absolute Gasteiger partial charge is 0.456 e. The van der Waals surface area contributed by atoms with Crippen LogP contribution in [-0.2, 0) is 17.8 Å². The van der Waals surface area contributed by atoms with Gasteiger partial charge >= 0.3 is 5.97 Å². The first-order valence-corrected chi connectivity index (χ1v) is 13.4. The summed E-state index contributed by atoms with van der Waals surface area (Å²) >= 11 is 1.50. The third kappa shape index (κ3) is 5.06. The maximum absolute atomic E-state index is 13.6. The summed E-state index contributed by atoms with van der Waals surface area (Å²) in [7, 11) is 0. The third-order valence-electron chi connectivity index (χ3n) is 6.72. The Morgan fingerprint density at radius 1 is 1.03 bits per heavy atom. The molecule has 7 nitrogen and oxygen atoms in total. The van der Waals surface area contributed by atoms with Crippen molar-refractivity contribution >= 4 is 45.5 Å². The van der Waals surface area contributed by atoms with E-state index in [-0.39, 0.29) is 12.3 Å². The number of nitro groups is 1. The number of non-ortho nitro benzene ring substituents is 1. The smallest absolute Gasteiger partial charge is 0.339 e. The van der Waals surface area contributed by atoms with Gasteiger partial charge in [-0.2, -0.15) is 0 Å². The van der Waals surface area contributed by atoms with Crippen molar-refractivity contribution in [3.05, 3.63) is 122 Å². The summed E-state index contributed by atoms with van der Waals surface area (Å²) in [6, 6.07) is 24.0. The Hall–Kier alpha value is -4.69. The van der Waals surface area contributed by atoms with E-state index in [1.54, 1.807) is 18.3 Å². The van der Waals surface area contributed by atoms with E-state index >= 15 is 0 Å². The van der Waals surface area contributed by atoms with Gasteiger partial charge in [0.2, 0.25) is 0 Å². The standard InChI is InChI=1S/C31H23N3O4S/c35-31(38-19-24-18-32-30(39-24)21-9-2-1-3-10-21)28-25-13-4-5-15-27(25)33-29-22(11-7-14-26(28)29)16-20-8-6-12-23(17-20)34(36)37/h1-6,8-10,12-13,15-18H,7,11,14,19H2/b22-16+. The third-order valence-corrected chi connectivity index (χ3v) is 7.74. The van der Waals surface area contributed by atoms with Crippen LogP contribution in [-0.4, -0.2) is 20.9 Å². The lowest BCUT2D eigenvalue weighted by Gasteiger charge is -2.22. The number of nitro benzene ring substituents is 1. The fourth-order valence-electron chi connectivity index (χ4n) is 4.93.